The van der Waals surface area contributed by atoms with Gasteiger partial charge in [-0.3, -0.25) is 9.69 Å². The summed E-state index contributed by atoms with van der Waals surface area (Å²) >= 11 is 0. The molecule has 1 amide bonds. The number of hydrogen-bond acceptors (Lipinski definition) is 3. The predicted octanol–water partition coefficient (Wildman–Crippen LogP) is 1.17. The van der Waals surface area contributed by atoms with Crippen LogP contribution in [0.5, 0.6) is 0 Å². The summed E-state index contributed by atoms with van der Waals surface area (Å²) in [5, 5.41) is 3.37. The van der Waals surface area contributed by atoms with Crippen LogP contribution < -0.4 is 5.32 Å². The predicted molar refractivity (Wildman–Crippen MR) is 78.0 cm³/mol. The van der Waals surface area contributed by atoms with Crippen LogP contribution in [0.1, 0.15) is 33.1 Å². The smallest absolute Gasteiger partial charge is 0.240 e. The molecule has 1 aliphatic carbocycles. The first-order valence-electron chi connectivity index (χ1n) is 7.68. The fourth-order valence-corrected chi connectivity index (χ4v) is 3.50. The summed E-state index contributed by atoms with van der Waals surface area (Å²) in [6.45, 7) is 7.55. The van der Waals surface area contributed by atoms with Crippen LogP contribution >= 0.6 is 0 Å². The molecule has 4 unspecified atom stereocenters. The van der Waals surface area contributed by atoms with Gasteiger partial charge in [0.2, 0.25) is 5.91 Å². The van der Waals surface area contributed by atoms with Crippen LogP contribution in [0.15, 0.2) is 0 Å². The second-order valence-corrected chi connectivity index (χ2v) is 6.61. The molecule has 2 rings (SSSR count). The first-order valence-corrected chi connectivity index (χ1v) is 7.68. The van der Waals surface area contributed by atoms with Gasteiger partial charge in [-0.1, -0.05) is 13.8 Å². The summed E-state index contributed by atoms with van der Waals surface area (Å²) in [6.07, 6.45) is 3.81. The van der Waals surface area contributed by atoms with E-state index in [-0.39, 0.29) is 11.9 Å². The van der Waals surface area contributed by atoms with E-state index in [1.165, 1.54) is 19.3 Å². The molecule has 4 atom stereocenters. The second-order valence-electron chi connectivity index (χ2n) is 6.61. The van der Waals surface area contributed by atoms with E-state index in [1.54, 1.807) is 4.90 Å². The van der Waals surface area contributed by atoms with Gasteiger partial charge in [0.15, 0.2) is 0 Å². The molecule has 1 saturated heterocycles. The molecule has 0 aromatic carbocycles. The minimum atomic E-state index is 0.0364. The van der Waals surface area contributed by atoms with Crippen LogP contribution in [-0.2, 0) is 4.79 Å². The van der Waals surface area contributed by atoms with E-state index in [1.807, 2.05) is 14.1 Å². The Morgan fingerprint density at radius 3 is 2.58 bits per heavy atom. The Bertz CT molecular complexity index is 319. The molecular formula is C15H29N3O. The summed E-state index contributed by atoms with van der Waals surface area (Å²) in [7, 11) is 3.72. The summed E-state index contributed by atoms with van der Waals surface area (Å²) in [6, 6.07) is 0.636. The number of amides is 1. The molecule has 0 spiro atoms. The molecule has 0 aromatic heterocycles. The Morgan fingerprint density at radius 2 is 1.95 bits per heavy atom. The van der Waals surface area contributed by atoms with Crippen molar-refractivity contribution in [3.63, 3.8) is 0 Å². The lowest BCUT2D eigenvalue weighted by Crippen LogP contribution is -2.61. The summed E-state index contributed by atoms with van der Waals surface area (Å²) in [5.41, 5.74) is 0. The molecule has 1 saturated carbocycles. The lowest BCUT2D eigenvalue weighted by Gasteiger charge is -2.45. The maximum atomic E-state index is 12.3. The fraction of sp³-hybridized carbons (Fsp3) is 0.933. The highest BCUT2D eigenvalue weighted by molar-refractivity contribution is 5.81. The van der Waals surface area contributed by atoms with E-state index >= 15 is 0 Å². The molecule has 4 nitrogen and oxygen atoms in total. The van der Waals surface area contributed by atoms with Crippen molar-refractivity contribution in [1.29, 1.82) is 0 Å². The van der Waals surface area contributed by atoms with E-state index in [0.29, 0.717) is 6.04 Å². The molecule has 19 heavy (non-hydrogen) atoms. The largest absolute Gasteiger partial charge is 0.347 e. The van der Waals surface area contributed by atoms with Gasteiger partial charge in [0.1, 0.15) is 6.04 Å². The third-order valence-electron chi connectivity index (χ3n) is 5.05. The molecule has 2 fully saturated rings. The van der Waals surface area contributed by atoms with Gasteiger partial charge >= 0.3 is 0 Å². The van der Waals surface area contributed by atoms with Crippen LogP contribution in [0.25, 0.3) is 0 Å². The van der Waals surface area contributed by atoms with Crippen LogP contribution in [0, 0.1) is 11.8 Å². The molecule has 1 heterocycles. The van der Waals surface area contributed by atoms with Gasteiger partial charge in [0.05, 0.1) is 0 Å². The Balaban J connectivity index is 2.05. The first-order chi connectivity index (χ1) is 9.00. The van der Waals surface area contributed by atoms with Crippen LogP contribution in [-0.4, -0.2) is 61.5 Å². The quantitative estimate of drug-likeness (QED) is 0.816. The molecule has 0 aromatic rings. The normalized spacial score (nSPS) is 37.1. The van der Waals surface area contributed by atoms with Crippen molar-refractivity contribution in [2.45, 2.75) is 45.2 Å². The van der Waals surface area contributed by atoms with Crippen molar-refractivity contribution in [2.75, 3.05) is 33.7 Å². The van der Waals surface area contributed by atoms with Crippen molar-refractivity contribution in [1.82, 2.24) is 15.1 Å². The van der Waals surface area contributed by atoms with Crippen molar-refractivity contribution in [3.05, 3.63) is 0 Å². The molecule has 4 heteroatoms. The van der Waals surface area contributed by atoms with Gasteiger partial charge < -0.3 is 10.2 Å². The average Bonchev–Trinajstić information content (AvgIpc) is 2.41. The van der Waals surface area contributed by atoms with E-state index in [9.17, 15) is 4.79 Å². The second kappa shape index (κ2) is 6.23. The van der Waals surface area contributed by atoms with Gasteiger partial charge in [-0.2, -0.15) is 0 Å². The third kappa shape index (κ3) is 3.29. The highest BCUT2D eigenvalue weighted by Crippen LogP contribution is 2.33. The van der Waals surface area contributed by atoms with Gasteiger partial charge in [-0.15, -0.1) is 0 Å². The van der Waals surface area contributed by atoms with E-state index < -0.39 is 0 Å². The molecule has 1 N–H and O–H groups in total. The van der Waals surface area contributed by atoms with Gasteiger partial charge in [0, 0.05) is 39.8 Å². The third-order valence-corrected chi connectivity index (χ3v) is 5.05. The van der Waals surface area contributed by atoms with E-state index in [4.69, 9.17) is 0 Å². The van der Waals surface area contributed by atoms with E-state index in [0.717, 1.165) is 31.5 Å². The highest BCUT2D eigenvalue weighted by Gasteiger charge is 2.37. The van der Waals surface area contributed by atoms with Crippen molar-refractivity contribution < 1.29 is 4.79 Å². The van der Waals surface area contributed by atoms with Crippen molar-refractivity contribution in [3.8, 4) is 0 Å². The number of carbonyl (C=O) groups is 1. The molecule has 0 radical (unpaired) electrons. The zero-order chi connectivity index (χ0) is 14.0. The lowest BCUT2D eigenvalue weighted by molar-refractivity contribution is -0.136. The average molecular weight is 267 g/mol. The van der Waals surface area contributed by atoms with Crippen LogP contribution in [0.3, 0.4) is 0 Å². The Labute approximate surface area is 117 Å². The Hall–Kier alpha value is -0.610. The monoisotopic (exact) mass is 267 g/mol. The number of nitrogens with zero attached hydrogens (tertiary/aromatic N) is 2. The van der Waals surface area contributed by atoms with Gasteiger partial charge in [0.25, 0.3) is 0 Å². The molecular weight excluding hydrogens is 238 g/mol. The maximum absolute atomic E-state index is 12.3. The van der Waals surface area contributed by atoms with Crippen molar-refractivity contribution in [2.24, 2.45) is 11.8 Å². The summed E-state index contributed by atoms with van der Waals surface area (Å²) in [5.74, 6) is 1.87. The topological polar surface area (TPSA) is 35.6 Å². The Morgan fingerprint density at radius 1 is 1.21 bits per heavy atom. The first kappa shape index (κ1) is 14.8. The van der Waals surface area contributed by atoms with Gasteiger partial charge in [-0.05, 0) is 31.1 Å². The lowest BCUT2D eigenvalue weighted by atomic mass is 9.78. The fourth-order valence-electron chi connectivity index (χ4n) is 3.50. The molecule has 0 bridgehead atoms. The number of hydrogen-bond donors (Lipinski definition) is 1. The minimum Gasteiger partial charge on any atom is -0.347 e. The standard InChI is InChI=1S/C15H29N3O/c1-11-5-6-13(9-12(11)2)18-8-7-16-10-14(18)15(19)17(3)4/h11-14,16H,5-10H2,1-4H3. The van der Waals surface area contributed by atoms with E-state index in [2.05, 4.69) is 24.1 Å². The Kier molecular flexibility index (Phi) is 4.85. The summed E-state index contributed by atoms with van der Waals surface area (Å²) < 4.78 is 0. The molecule has 2 aliphatic rings. The SMILES string of the molecule is CC1CCC(N2CCNCC2C(=O)N(C)C)CC1C. The van der Waals surface area contributed by atoms with Crippen LogP contribution in [0.4, 0.5) is 0 Å². The molecule has 1 aliphatic heterocycles. The molecule has 110 valence electrons. The van der Waals surface area contributed by atoms with Gasteiger partial charge in [-0.25, -0.2) is 0 Å². The minimum absolute atomic E-state index is 0.0364. The summed E-state index contributed by atoms with van der Waals surface area (Å²) in [4.78, 5) is 16.6. The van der Waals surface area contributed by atoms with Crippen LogP contribution in [0.2, 0.25) is 0 Å². The number of nitrogens with one attached hydrogen (secondary N) is 1. The zero-order valence-corrected chi connectivity index (χ0v) is 12.9. The number of carbonyl (C=O) groups excluding carboxylic acids is 1. The number of piperazine rings is 1. The number of rotatable bonds is 2. The zero-order valence-electron chi connectivity index (χ0n) is 12.9. The highest BCUT2D eigenvalue weighted by atomic mass is 16.2. The maximum Gasteiger partial charge on any atom is 0.240 e. The number of likely N-dealkylation sites (N-methyl/N-ethyl adjacent to an activating group) is 1. The van der Waals surface area contributed by atoms with Crippen molar-refractivity contribution >= 4 is 5.91 Å².